The third-order valence-electron chi connectivity index (χ3n) is 6.47. The van der Waals surface area contributed by atoms with E-state index in [9.17, 15) is 13.2 Å². The van der Waals surface area contributed by atoms with Crippen LogP contribution in [0.5, 0.6) is 0 Å². The van der Waals surface area contributed by atoms with Crippen molar-refractivity contribution in [1.29, 1.82) is 0 Å². The van der Waals surface area contributed by atoms with Gasteiger partial charge in [-0.1, -0.05) is 37.3 Å². The van der Waals surface area contributed by atoms with E-state index in [1.165, 1.54) is 6.42 Å². The molecule has 162 valence electrons. The molecule has 0 spiro atoms. The molecule has 0 aliphatic carbocycles. The number of benzene rings is 2. The Balaban J connectivity index is 1.38. The molecule has 2 aliphatic heterocycles. The molecule has 7 heteroatoms. The lowest BCUT2D eigenvalue weighted by molar-refractivity contribution is -0.136. The summed E-state index contributed by atoms with van der Waals surface area (Å²) >= 11 is 0. The molecular formula is C23H31N3O3S. The predicted molar refractivity (Wildman–Crippen MR) is 119 cm³/mol. The molecule has 0 aromatic heterocycles. The molecule has 4 rings (SSSR count). The molecule has 2 heterocycles. The summed E-state index contributed by atoms with van der Waals surface area (Å²) in [6.07, 6.45) is 4.39. The molecule has 2 aliphatic rings. The SMILES string of the molecule is CCC1CCCCN1C(=O)CN1CCN(S(=O)(=O)c2ccc3ccccc3c2)CC1. The first-order valence-corrected chi connectivity index (χ1v) is 12.4. The van der Waals surface area contributed by atoms with Crippen molar-refractivity contribution in [2.45, 2.75) is 43.5 Å². The van der Waals surface area contributed by atoms with Gasteiger partial charge >= 0.3 is 0 Å². The molecule has 2 fully saturated rings. The average Bonchev–Trinajstić information content (AvgIpc) is 2.79. The molecule has 0 bridgehead atoms. The van der Waals surface area contributed by atoms with Crippen molar-refractivity contribution >= 4 is 26.7 Å². The number of piperazine rings is 1. The monoisotopic (exact) mass is 429 g/mol. The van der Waals surface area contributed by atoms with Crippen molar-refractivity contribution in [2.24, 2.45) is 0 Å². The van der Waals surface area contributed by atoms with Crippen LogP contribution in [-0.2, 0) is 14.8 Å². The van der Waals surface area contributed by atoms with Crippen LogP contribution >= 0.6 is 0 Å². The molecule has 2 aromatic carbocycles. The Bertz CT molecular complexity index is 1000. The van der Waals surface area contributed by atoms with Gasteiger partial charge in [0.2, 0.25) is 15.9 Å². The van der Waals surface area contributed by atoms with Gasteiger partial charge in [0.05, 0.1) is 11.4 Å². The van der Waals surface area contributed by atoms with E-state index >= 15 is 0 Å². The first-order chi connectivity index (χ1) is 14.5. The van der Waals surface area contributed by atoms with Gasteiger partial charge in [-0.25, -0.2) is 8.42 Å². The zero-order valence-electron chi connectivity index (χ0n) is 17.7. The van der Waals surface area contributed by atoms with Crippen LogP contribution in [0.3, 0.4) is 0 Å². The quantitative estimate of drug-likeness (QED) is 0.733. The number of carbonyl (C=O) groups excluding carboxylic acids is 1. The number of carbonyl (C=O) groups is 1. The van der Waals surface area contributed by atoms with Gasteiger partial charge in [-0.2, -0.15) is 4.31 Å². The van der Waals surface area contributed by atoms with Crippen molar-refractivity contribution in [3.8, 4) is 0 Å². The van der Waals surface area contributed by atoms with E-state index < -0.39 is 10.0 Å². The topological polar surface area (TPSA) is 60.9 Å². The fourth-order valence-corrected chi connectivity index (χ4v) is 6.10. The second-order valence-electron chi connectivity index (χ2n) is 8.33. The van der Waals surface area contributed by atoms with Gasteiger partial charge in [-0.3, -0.25) is 9.69 Å². The Hall–Kier alpha value is -1.96. The molecule has 1 unspecified atom stereocenters. The van der Waals surface area contributed by atoms with Gasteiger partial charge in [-0.05, 0) is 48.6 Å². The third kappa shape index (κ3) is 4.38. The fourth-order valence-electron chi connectivity index (χ4n) is 4.64. The van der Waals surface area contributed by atoms with Crippen LogP contribution in [0.4, 0.5) is 0 Å². The second kappa shape index (κ2) is 9.04. The second-order valence-corrected chi connectivity index (χ2v) is 10.3. The van der Waals surface area contributed by atoms with Crippen molar-refractivity contribution in [3.05, 3.63) is 42.5 Å². The molecule has 2 saturated heterocycles. The van der Waals surface area contributed by atoms with Gasteiger partial charge in [0.15, 0.2) is 0 Å². The number of hydrogen-bond acceptors (Lipinski definition) is 4. The Morgan fingerprint density at radius 3 is 2.43 bits per heavy atom. The normalized spacial score (nSPS) is 21.8. The van der Waals surface area contributed by atoms with E-state index in [-0.39, 0.29) is 5.91 Å². The maximum absolute atomic E-state index is 13.1. The highest BCUT2D eigenvalue weighted by Crippen LogP contribution is 2.23. The molecule has 2 aromatic rings. The van der Waals surface area contributed by atoms with Gasteiger partial charge < -0.3 is 4.90 Å². The smallest absolute Gasteiger partial charge is 0.243 e. The summed E-state index contributed by atoms with van der Waals surface area (Å²) in [6, 6.07) is 13.4. The highest BCUT2D eigenvalue weighted by Gasteiger charge is 2.31. The van der Waals surface area contributed by atoms with Gasteiger partial charge in [0.25, 0.3) is 0 Å². The first kappa shape index (κ1) is 21.3. The number of likely N-dealkylation sites (tertiary alicyclic amines) is 1. The van der Waals surface area contributed by atoms with Crippen molar-refractivity contribution in [2.75, 3.05) is 39.3 Å². The predicted octanol–water partition coefficient (Wildman–Crippen LogP) is 2.94. The summed E-state index contributed by atoms with van der Waals surface area (Å²) in [4.78, 5) is 17.3. The third-order valence-corrected chi connectivity index (χ3v) is 8.36. The van der Waals surface area contributed by atoms with E-state index in [4.69, 9.17) is 0 Å². The minimum Gasteiger partial charge on any atom is -0.339 e. The Kier molecular flexibility index (Phi) is 6.41. The van der Waals surface area contributed by atoms with Crippen LogP contribution in [-0.4, -0.2) is 73.7 Å². The molecule has 1 atom stereocenters. The van der Waals surface area contributed by atoms with Crippen LogP contribution in [0.25, 0.3) is 10.8 Å². The molecule has 0 saturated carbocycles. The Labute approximate surface area is 179 Å². The molecular weight excluding hydrogens is 398 g/mol. The molecule has 30 heavy (non-hydrogen) atoms. The van der Waals surface area contributed by atoms with E-state index in [1.54, 1.807) is 16.4 Å². The summed E-state index contributed by atoms with van der Waals surface area (Å²) in [5.74, 6) is 0.187. The molecule has 1 amide bonds. The number of amides is 1. The molecule has 0 radical (unpaired) electrons. The Morgan fingerprint density at radius 1 is 0.967 bits per heavy atom. The number of nitrogens with zero attached hydrogens (tertiary/aromatic N) is 3. The van der Waals surface area contributed by atoms with Crippen molar-refractivity contribution in [3.63, 3.8) is 0 Å². The van der Waals surface area contributed by atoms with Gasteiger partial charge in [0.1, 0.15) is 0 Å². The number of hydrogen-bond donors (Lipinski definition) is 0. The van der Waals surface area contributed by atoms with Crippen molar-refractivity contribution < 1.29 is 13.2 Å². The number of fused-ring (bicyclic) bond motifs is 1. The van der Waals surface area contributed by atoms with E-state index in [0.29, 0.717) is 43.7 Å². The van der Waals surface area contributed by atoms with Crippen molar-refractivity contribution in [1.82, 2.24) is 14.1 Å². The van der Waals surface area contributed by atoms with E-state index in [0.717, 1.165) is 36.6 Å². The highest BCUT2D eigenvalue weighted by atomic mass is 32.2. The lowest BCUT2D eigenvalue weighted by Crippen LogP contribution is -2.53. The van der Waals surface area contributed by atoms with Crippen LogP contribution < -0.4 is 0 Å². The summed E-state index contributed by atoms with van der Waals surface area (Å²) in [5, 5.41) is 1.96. The largest absolute Gasteiger partial charge is 0.339 e. The van der Waals surface area contributed by atoms with Gasteiger partial charge in [0, 0.05) is 38.8 Å². The zero-order valence-corrected chi connectivity index (χ0v) is 18.5. The van der Waals surface area contributed by atoms with Gasteiger partial charge in [-0.15, -0.1) is 0 Å². The lowest BCUT2D eigenvalue weighted by Gasteiger charge is -2.38. The average molecular weight is 430 g/mol. The van der Waals surface area contributed by atoms with Crippen LogP contribution in [0.1, 0.15) is 32.6 Å². The van der Waals surface area contributed by atoms with Crippen LogP contribution in [0.15, 0.2) is 47.4 Å². The first-order valence-electron chi connectivity index (χ1n) is 11.0. The summed E-state index contributed by atoms with van der Waals surface area (Å²) in [7, 11) is -3.53. The van der Waals surface area contributed by atoms with E-state index in [1.807, 2.05) is 35.2 Å². The number of sulfonamides is 1. The zero-order chi connectivity index (χ0) is 21.1. The minimum absolute atomic E-state index is 0.187. The van der Waals surface area contributed by atoms with Crippen LogP contribution in [0, 0.1) is 0 Å². The summed E-state index contributed by atoms with van der Waals surface area (Å²) in [5.41, 5.74) is 0. The minimum atomic E-state index is -3.53. The standard InChI is InChI=1S/C23H31N3O3S/c1-2-21-9-5-6-12-26(21)23(27)18-24-13-15-25(16-14-24)30(28,29)22-11-10-19-7-3-4-8-20(19)17-22/h3-4,7-8,10-11,17,21H,2,5-6,9,12-16,18H2,1H3. The van der Waals surface area contributed by atoms with Crippen LogP contribution in [0.2, 0.25) is 0 Å². The van der Waals surface area contributed by atoms with E-state index in [2.05, 4.69) is 11.8 Å². The number of rotatable bonds is 5. The molecule has 0 N–H and O–H groups in total. The maximum Gasteiger partial charge on any atom is 0.243 e. The fraction of sp³-hybridized carbons (Fsp3) is 0.522. The molecule has 6 nitrogen and oxygen atoms in total. The highest BCUT2D eigenvalue weighted by molar-refractivity contribution is 7.89. The summed E-state index contributed by atoms with van der Waals surface area (Å²) < 4.78 is 27.8. The lowest BCUT2D eigenvalue weighted by atomic mass is 10.00. The number of piperidine rings is 1. The maximum atomic E-state index is 13.1. The summed E-state index contributed by atoms with van der Waals surface area (Å²) in [6.45, 7) is 5.40. The Morgan fingerprint density at radius 2 is 1.70 bits per heavy atom.